The molecule has 0 fully saturated rings. The van der Waals surface area contributed by atoms with Crippen LogP contribution in [0, 0.1) is 5.92 Å². The van der Waals surface area contributed by atoms with Crippen LogP contribution in [0.4, 0.5) is 0 Å². The number of ether oxygens (including phenoxy) is 1. The third-order valence-electron chi connectivity index (χ3n) is 1.08. The van der Waals surface area contributed by atoms with Gasteiger partial charge in [-0.2, -0.15) is 12.6 Å². The fourth-order valence-corrected chi connectivity index (χ4v) is 0.626. The molecule has 0 saturated heterocycles. The average molecular weight is 176 g/mol. The molecule has 0 aliphatic carbocycles. The first-order chi connectivity index (χ1) is 4.87. The Labute approximate surface area is 73.7 Å². The Kier molecular flexibility index (Phi) is 3.93. The van der Waals surface area contributed by atoms with Gasteiger partial charge in [-0.1, -0.05) is 6.92 Å². The summed E-state index contributed by atoms with van der Waals surface area (Å²) in [5.74, 6) is 0.250. The molecule has 0 aromatic carbocycles. The van der Waals surface area contributed by atoms with Gasteiger partial charge in [0.05, 0.1) is 5.92 Å². The molecule has 0 rings (SSSR count). The summed E-state index contributed by atoms with van der Waals surface area (Å²) in [4.78, 5) is 11.1. The minimum absolute atomic E-state index is 0.113. The largest absolute Gasteiger partial charge is 0.460 e. The maximum atomic E-state index is 11.1. The van der Waals surface area contributed by atoms with E-state index in [0.29, 0.717) is 5.75 Å². The van der Waals surface area contributed by atoms with Crippen LogP contribution in [0.25, 0.3) is 0 Å². The van der Waals surface area contributed by atoms with E-state index in [1.54, 1.807) is 6.92 Å². The Morgan fingerprint density at radius 3 is 2.27 bits per heavy atom. The van der Waals surface area contributed by atoms with Crippen LogP contribution in [0.1, 0.15) is 27.7 Å². The number of hydrogen-bond donors (Lipinski definition) is 1. The van der Waals surface area contributed by atoms with Crippen molar-refractivity contribution in [2.45, 2.75) is 33.3 Å². The molecule has 0 aliphatic rings. The van der Waals surface area contributed by atoms with E-state index in [4.69, 9.17) is 4.74 Å². The van der Waals surface area contributed by atoms with Crippen LogP contribution in [-0.2, 0) is 9.53 Å². The highest BCUT2D eigenvalue weighted by atomic mass is 32.1. The van der Waals surface area contributed by atoms with Gasteiger partial charge in [0.25, 0.3) is 0 Å². The maximum absolute atomic E-state index is 11.1. The van der Waals surface area contributed by atoms with Crippen LogP contribution in [0.5, 0.6) is 0 Å². The molecule has 2 nitrogen and oxygen atoms in total. The van der Waals surface area contributed by atoms with Gasteiger partial charge in [0.15, 0.2) is 0 Å². The zero-order valence-corrected chi connectivity index (χ0v) is 8.44. The van der Waals surface area contributed by atoms with E-state index in [-0.39, 0.29) is 17.5 Å². The molecule has 66 valence electrons. The Morgan fingerprint density at radius 1 is 1.55 bits per heavy atom. The van der Waals surface area contributed by atoms with Gasteiger partial charge < -0.3 is 4.74 Å². The smallest absolute Gasteiger partial charge is 0.309 e. The summed E-state index contributed by atoms with van der Waals surface area (Å²) in [6.45, 7) is 7.38. The van der Waals surface area contributed by atoms with E-state index in [1.807, 2.05) is 20.8 Å². The van der Waals surface area contributed by atoms with Crippen molar-refractivity contribution in [2.75, 3.05) is 5.75 Å². The lowest BCUT2D eigenvalue weighted by Gasteiger charge is -2.21. The van der Waals surface area contributed by atoms with Gasteiger partial charge in [0.2, 0.25) is 0 Å². The quantitative estimate of drug-likeness (QED) is 0.513. The molecule has 3 heteroatoms. The second kappa shape index (κ2) is 4.00. The van der Waals surface area contributed by atoms with Crippen molar-refractivity contribution < 1.29 is 9.53 Å². The molecule has 0 N–H and O–H groups in total. The lowest BCUT2D eigenvalue weighted by atomic mass is 10.1. The Hall–Kier alpha value is -0.180. The van der Waals surface area contributed by atoms with Crippen LogP contribution in [0.2, 0.25) is 0 Å². The Balaban J connectivity index is 3.88. The molecule has 0 aromatic rings. The van der Waals surface area contributed by atoms with Crippen molar-refractivity contribution >= 4 is 18.6 Å². The van der Waals surface area contributed by atoms with E-state index >= 15 is 0 Å². The van der Waals surface area contributed by atoms with Crippen LogP contribution in [-0.4, -0.2) is 17.3 Å². The van der Waals surface area contributed by atoms with Crippen molar-refractivity contribution in [3.8, 4) is 0 Å². The first-order valence-corrected chi connectivity index (χ1v) is 4.34. The average Bonchev–Trinajstić information content (AvgIpc) is 1.82. The summed E-state index contributed by atoms with van der Waals surface area (Å²) in [7, 11) is 0. The number of carbonyl (C=O) groups excluding carboxylic acids is 1. The van der Waals surface area contributed by atoms with Crippen molar-refractivity contribution in [3.05, 3.63) is 0 Å². The normalized spacial score (nSPS) is 14.3. The van der Waals surface area contributed by atoms with Crippen molar-refractivity contribution in [1.82, 2.24) is 0 Å². The summed E-state index contributed by atoms with van der Waals surface area (Å²) in [6.07, 6.45) is 0. The highest BCUT2D eigenvalue weighted by molar-refractivity contribution is 7.80. The minimum Gasteiger partial charge on any atom is -0.460 e. The van der Waals surface area contributed by atoms with Crippen LogP contribution in [0.3, 0.4) is 0 Å². The molecule has 0 bridgehead atoms. The first-order valence-electron chi connectivity index (χ1n) is 3.70. The molecule has 0 heterocycles. The summed E-state index contributed by atoms with van der Waals surface area (Å²) in [5.41, 5.74) is -0.381. The number of hydrogen-bond acceptors (Lipinski definition) is 3. The highest BCUT2D eigenvalue weighted by Gasteiger charge is 2.20. The van der Waals surface area contributed by atoms with Gasteiger partial charge in [-0.25, -0.2) is 0 Å². The van der Waals surface area contributed by atoms with Crippen LogP contribution in [0.15, 0.2) is 0 Å². The molecule has 1 atom stereocenters. The van der Waals surface area contributed by atoms with Gasteiger partial charge in [-0.15, -0.1) is 0 Å². The SMILES string of the molecule is C[C@H](CS)C(=O)OC(C)(C)C. The molecule has 0 spiro atoms. The molecular formula is C8H16O2S. The van der Waals surface area contributed by atoms with Gasteiger partial charge in [-0.05, 0) is 20.8 Å². The highest BCUT2D eigenvalue weighted by Crippen LogP contribution is 2.11. The van der Waals surface area contributed by atoms with Gasteiger partial charge in [0.1, 0.15) is 5.60 Å². The third-order valence-corrected chi connectivity index (χ3v) is 1.63. The van der Waals surface area contributed by atoms with Gasteiger partial charge in [0, 0.05) is 5.75 Å². The number of esters is 1. The summed E-state index contributed by atoms with van der Waals surface area (Å²) in [5, 5.41) is 0. The first kappa shape index (κ1) is 10.8. The summed E-state index contributed by atoms with van der Waals surface area (Å²) >= 11 is 4.00. The molecule has 0 unspecified atom stereocenters. The zero-order chi connectivity index (χ0) is 9.07. The van der Waals surface area contributed by atoms with E-state index in [9.17, 15) is 4.79 Å². The zero-order valence-electron chi connectivity index (χ0n) is 7.55. The predicted molar refractivity (Wildman–Crippen MR) is 48.9 cm³/mol. The molecule has 11 heavy (non-hydrogen) atoms. The standard InChI is InChI=1S/C8H16O2S/c1-6(5-11)7(9)10-8(2,3)4/h6,11H,5H2,1-4H3/t6-/m1/s1. The number of rotatable bonds is 2. The minimum atomic E-state index is -0.381. The molecule has 0 saturated carbocycles. The lowest BCUT2D eigenvalue weighted by molar-refractivity contribution is -0.158. The lowest BCUT2D eigenvalue weighted by Crippen LogP contribution is -2.28. The number of carbonyl (C=O) groups is 1. The molecule has 0 amide bonds. The van der Waals surface area contributed by atoms with E-state index in [0.717, 1.165) is 0 Å². The predicted octanol–water partition coefficient (Wildman–Crippen LogP) is 1.89. The summed E-state index contributed by atoms with van der Waals surface area (Å²) in [6, 6.07) is 0. The van der Waals surface area contributed by atoms with E-state index in [2.05, 4.69) is 12.6 Å². The van der Waals surface area contributed by atoms with Crippen LogP contribution >= 0.6 is 12.6 Å². The maximum Gasteiger partial charge on any atom is 0.309 e. The Bertz CT molecular complexity index is 138. The van der Waals surface area contributed by atoms with Crippen LogP contribution < -0.4 is 0 Å². The molecular weight excluding hydrogens is 160 g/mol. The third kappa shape index (κ3) is 5.13. The number of thiol groups is 1. The second-order valence-corrected chi connectivity index (χ2v) is 3.98. The summed E-state index contributed by atoms with van der Waals surface area (Å²) < 4.78 is 5.10. The van der Waals surface area contributed by atoms with Crippen molar-refractivity contribution in [3.63, 3.8) is 0 Å². The van der Waals surface area contributed by atoms with Crippen molar-refractivity contribution in [2.24, 2.45) is 5.92 Å². The van der Waals surface area contributed by atoms with Crippen molar-refractivity contribution in [1.29, 1.82) is 0 Å². The molecule has 0 aromatic heterocycles. The van der Waals surface area contributed by atoms with E-state index < -0.39 is 0 Å². The fourth-order valence-electron chi connectivity index (χ4n) is 0.477. The van der Waals surface area contributed by atoms with Gasteiger partial charge in [-0.3, -0.25) is 4.79 Å². The monoisotopic (exact) mass is 176 g/mol. The van der Waals surface area contributed by atoms with Gasteiger partial charge >= 0.3 is 5.97 Å². The topological polar surface area (TPSA) is 26.3 Å². The second-order valence-electron chi connectivity index (χ2n) is 3.62. The fraction of sp³-hybridized carbons (Fsp3) is 0.875. The molecule has 0 aliphatic heterocycles. The Morgan fingerprint density at radius 2 is 2.00 bits per heavy atom. The van der Waals surface area contributed by atoms with E-state index in [1.165, 1.54) is 0 Å². The molecule has 0 radical (unpaired) electrons.